The van der Waals surface area contributed by atoms with Crippen LogP contribution in [0.25, 0.3) is 0 Å². The second-order valence-electron chi connectivity index (χ2n) is 4.54. The molecule has 1 aliphatic rings. The zero-order chi connectivity index (χ0) is 11.3. The van der Waals surface area contributed by atoms with Gasteiger partial charge in [0.25, 0.3) is 0 Å². The molecule has 0 aliphatic carbocycles. The number of carbonyl (C=O) groups is 1. The molecule has 0 bridgehead atoms. The van der Waals surface area contributed by atoms with Crippen molar-refractivity contribution >= 4 is 5.97 Å². The molecule has 0 amide bonds. The number of nitrogens with one attached hydrogen (secondary N) is 1. The maximum atomic E-state index is 10.5. The highest BCUT2D eigenvalue weighted by Crippen LogP contribution is 2.14. The summed E-state index contributed by atoms with van der Waals surface area (Å²) in [5, 5.41) is 11.7. The van der Waals surface area contributed by atoms with Crippen LogP contribution in [0.2, 0.25) is 0 Å². The van der Waals surface area contributed by atoms with Crippen LogP contribution in [-0.4, -0.2) is 48.2 Å². The van der Waals surface area contributed by atoms with Crippen molar-refractivity contribution in [1.29, 1.82) is 0 Å². The van der Waals surface area contributed by atoms with Crippen LogP contribution in [0.15, 0.2) is 0 Å². The fourth-order valence-electron chi connectivity index (χ4n) is 1.81. The van der Waals surface area contributed by atoms with Crippen molar-refractivity contribution in [3.8, 4) is 0 Å². The van der Waals surface area contributed by atoms with Crippen LogP contribution in [0.3, 0.4) is 0 Å². The number of hydrogen-bond donors (Lipinski definition) is 2. The maximum Gasteiger partial charge on any atom is 0.320 e. The largest absolute Gasteiger partial charge is 0.480 e. The molecular formula is C11H22N2O2. The molecule has 0 spiro atoms. The summed E-state index contributed by atoms with van der Waals surface area (Å²) in [6.45, 7) is 8.02. The summed E-state index contributed by atoms with van der Waals surface area (Å²) in [4.78, 5) is 13.0. The normalized spacial score (nSPS) is 21.5. The van der Waals surface area contributed by atoms with E-state index in [4.69, 9.17) is 5.11 Å². The van der Waals surface area contributed by atoms with Gasteiger partial charge in [0, 0.05) is 13.1 Å². The fourth-order valence-corrected chi connectivity index (χ4v) is 1.81. The molecule has 1 aliphatic heterocycles. The Kier molecular flexibility index (Phi) is 5.05. The topological polar surface area (TPSA) is 52.6 Å². The van der Waals surface area contributed by atoms with Crippen LogP contribution in [0.1, 0.15) is 26.7 Å². The Balaban J connectivity index is 2.07. The van der Waals surface area contributed by atoms with E-state index in [2.05, 4.69) is 17.1 Å². The molecule has 1 atom stereocenters. The molecule has 88 valence electrons. The smallest absolute Gasteiger partial charge is 0.320 e. The quantitative estimate of drug-likeness (QED) is 0.710. The minimum absolute atomic E-state index is 0.436. The van der Waals surface area contributed by atoms with E-state index in [9.17, 15) is 4.79 Å². The van der Waals surface area contributed by atoms with E-state index >= 15 is 0 Å². The number of piperidine rings is 1. The molecule has 4 nitrogen and oxygen atoms in total. The summed E-state index contributed by atoms with van der Waals surface area (Å²) in [7, 11) is 0. The first-order valence-electron chi connectivity index (χ1n) is 5.78. The lowest BCUT2D eigenvalue weighted by Crippen LogP contribution is -2.41. The molecule has 1 saturated heterocycles. The van der Waals surface area contributed by atoms with Gasteiger partial charge < -0.3 is 15.3 Å². The first-order chi connectivity index (χ1) is 7.09. The van der Waals surface area contributed by atoms with E-state index in [-0.39, 0.29) is 0 Å². The van der Waals surface area contributed by atoms with Crippen molar-refractivity contribution in [3.63, 3.8) is 0 Å². The molecule has 2 N–H and O–H groups in total. The minimum Gasteiger partial charge on any atom is -0.480 e. The SMILES string of the molecule is CC1CCN(CCNC(C)C(=O)O)CC1. The number of aliphatic carboxylic acids is 1. The molecular weight excluding hydrogens is 192 g/mol. The lowest BCUT2D eigenvalue weighted by atomic mass is 9.99. The van der Waals surface area contributed by atoms with Crippen LogP contribution in [0, 0.1) is 5.92 Å². The van der Waals surface area contributed by atoms with Crippen molar-refractivity contribution in [3.05, 3.63) is 0 Å². The van der Waals surface area contributed by atoms with Crippen LogP contribution in [-0.2, 0) is 4.79 Å². The summed E-state index contributed by atoms with van der Waals surface area (Å²) in [6.07, 6.45) is 2.54. The van der Waals surface area contributed by atoms with Crippen molar-refractivity contribution in [2.45, 2.75) is 32.7 Å². The zero-order valence-electron chi connectivity index (χ0n) is 9.70. The van der Waals surface area contributed by atoms with Crippen molar-refractivity contribution in [2.24, 2.45) is 5.92 Å². The van der Waals surface area contributed by atoms with Gasteiger partial charge in [-0.2, -0.15) is 0 Å². The third-order valence-corrected chi connectivity index (χ3v) is 3.13. The summed E-state index contributed by atoms with van der Waals surface area (Å²) in [6, 6.07) is -0.436. The van der Waals surface area contributed by atoms with Gasteiger partial charge in [0.15, 0.2) is 0 Å². The zero-order valence-corrected chi connectivity index (χ0v) is 9.70. The lowest BCUT2D eigenvalue weighted by Gasteiger charge is -2.30. The average molecular weight is 214 g/mol. The maximum absolute atomic E-state index is 10.5. The van der Waals surface area contributed by atoms with Gasteiger partial charge >= 0.3 is 5.97 Å². The van der Waals surface area contributed by atoms with Gasteiger partial charge in [0.05, 0.1) is 0 Å². The number of likely N-dealkylation sites (tertiary alicyclic amines) is 1. The number of rotatable bonds is 5. The molecule has 0 radical (unpaired) electrons. The number of nitrogens with zero attached hydrogens (tertiary/aromatic N) is 1. The van der Waals surface area contributed by atoms with Gasteiger partial charge in [-0.25, -0.2) is 0 Å². The van der Waals surface area contributed by atoms with E-state index < -0.39 is 12.0 Å². The van der Waals surface area contributed by atoms with Gasteiger partial charge in [-0.1, -0.05) is 6.92 Å². The lowest BCUT2D eigenvalue weighted by molar-refractivity contribution is -0.139. The summed E-state index contributed by atoms with van der Waals surface area (Å²) in [5.41, 5.74) is 0. The Bertz CT molecular complexity index is 201. The van der Waals surface area contributed by atoms with E-state index in [1.807, 2.05) is 0 Å². The molecule has 0 aromatic rings. The number of hydrogen-bond acceptors (Lipinski definition) is 3. The van der Waals surface area contributed by atoms with Gasteiger partial charge in [0.2, 0.25) is 0 Å². The Morgan fingerprint density at radius 3 is 2.67 bits per heavy atom. The van der Waals surface area contributed by atoms with E-state index in [1.165, 1.54) is 12.8 Å². The molecule has 4 heteroatoms. The van der Waals surface area contributed by atoms with Gasteiger partial charge in [-0.05, 0) is 38.8 Å². The third kappa shape index (κ3) is 4.62. The molecule has 1 rings (SSSR count). The molecule has 0 saturated carbocycles. The molecule has 15 heavy (non-hydrogen) atoms. The predicted octanol–water partition coefficient (Wildman–Crippen LogP) is 0.781. The van der Waals surface area contributed by atoms with Crippen molar-refractivity contribution < 1.29 is 9.90 Å². The van der Waals surface area contributed by atoms with E-state index in [0.29, 0.717) is 0 Å². The van der Waals surface area contributed by atoms with Crippen LogP contribution in [0.5, 0.6) is 0 Å². The van der Waals surface area contributed by atoms with Crippen LogP contribution < -0.4 is 5.32 Å². The Morgan fingerprint density at radius 1 is 1.53 bits per heavy atom. The highest BCUT2D eigenvalue weighted by Gasteiger charge is 2.15. The first-order valence-corrected chi connectivity index (χ1v) is 5.78. The van der Waals surface area contributed by atoms with Crippen LogP contribution in [0.4, 0.5) is 0 Å². The van der Waals surface area contributed by atoms with Gasteiger partial charge in [-0.15, -0.1) is 0 Å². The van der Waals surface area contributed by atoms with Crippen molar-refractivity contribution in [1.82, 2.24) is 10.2 Å². The highest BCUT2D eigenvalue weighted by molar-refractivity contribution is 5.72. The second-order valence-corrected chi connectivity index (χ2v) is 4.54. The molecule has 1 unspecified atom stereocenters. The Hall–Kier alpha value is -0.610. The molecule has 0 aromatic heterocycles. The monoisotopic (exact) mass is 214 g/mol. The van der Waals surface area contributed by atoms with E-state index in [0.717, 1.165) is 32.1 Å². The average Bonchev–Trinajstić information content (AvgIpc) is 2.20. The number of carboxylic acids is 1. The molecule has 1 fully saturated rings. The highest BCUT2D eigenvalue weighted by atomic mass is 16.4. The third-order valence-electron chi connectivity index (χ3n) is 3.13. The second kappa shape index (κ2) is 6.08. The Labute approximate surface area is 91.6 Å². The summed E-state index contributed by atoms with van der Waals surface area (Å²) in [5.74, 6) is 0.0782. The van der Waals surface area contributed by atoms with Gasteiger partial charge in [-0.3, -0.25) is 4.79 Å². The summed E-state index contributed by atoms with van der Waals surface area (Å²) >= 11 is 0. The predicted molar refractivity (Wildman–Crippen MR) is 59.9 cm³/mol. The Morgan fingerprint density at radius 2 is 2.13 bits per heavy atom. The fraction of sp³-hybridized carbons (Fsp3) is 0.909. The molecule has 0 aromatic carbocycles. The number of carboxylic acid groups (broad SMARTS) is 1. The van der Waals surface area contributed by atoms with Gasteiger partial charge in [0.1, 0.15) is 6.04 Å². The first kappa shape index (κ1) is 12.5. The minimum atomic E-state index is -0.776. The standard InChI is InChI=1S/C11H22N2O2/c1-9-3-6-13(7-4-9)8-5-12-10(2)11(14)15/h9-10,12H,3-8H2,1-2H3,(H,14,15). The van der Waals surface area contributed by atoms with Crippen molar-refractivity contribution in [2.75, 3.05) is 26.2 Å². The molecule has 1 heterocycles. The van der Waals surface area contributed by atoms with E-state index in [1.54, 1.807) is 6.92 Å². The summed E-state index contributed by atoms with van der Waals surface area (Å²) < 4.78 is 0. The van der Waals surface area contributed by atoms with Crippen LogP contribution >= 0.6 is 0 Å².